The second-order valence-electron chi connectivity index (χ2n) is 4.06. The number of halogens is 1. The molecule has 0 atom stereocenters. The van der Waals surface area contributed by atoms with E-state index in [1.165, 1.54) is 0 Å². The van der Waals surface area contributed by atoms with Crippen LogP contribution in [0.25, 0.3) is 22.1 Å². The van der Waals surface area contributed by atoms with Crippen molar-refractivity contribution in [2.45, 2.75) is 0 Å². The Kier molecular flexibility index (Phi) is 3.23. The largest absolute Gasteiger partial charge is 0.507 e. The maximum absolute atomic E-state index is 10.1. The lowest BCUT2D eigenvalue weighted by atomic mass is 10.2. The maximum Gasteiger partial charge on any atom is 0.125 e. The average Bonchev–Trinajstić information content (AvgIpc) is 2.81. The van der Waals surface area contributed by atoms with Crippen LogP contribution in [0.1, 0.15) is 10.6 Å². The molecule has 0 aliphatic carbocycles. The number of hydrogen-bond donors (Lipinski definition) is 1. The van der Waals surface area contributed by atoms with Crippen molar-refractivity contribution in [3.05, 3.63) is 64.1 Å². The molecule has 19 heavy (non-hydrogen) atoms. The summed E-state index contributed by atoms with van der Waals surface area (Å²) in [7, 11) is 0. The Hall–Kier alpha value is -1.84. The monoisotopic (exact) mass is 287 g/mol. The molecule has 0 saturated heterocycles. The Bertz CT molecular complexity index is 713. The summed E-state index contributed by atoms with van der Waals surface area (Å²) in [6, 6.07) is 15.0. The van der Waals surface area contributed by atoms with Gasteiger partial charge >= 0.3 is 0 Å². The molecule has 0 spiro atoms. The van der Waals surface area contributed by atoms with Crippen molar-refractivity contribution in [1.82, 2.24) is 4.98 Å². The van der Waals surface area contributed by atoms with Crippen LogP contribution in [0.15, 0.2) is 48.5 Å². The lowest BCUT2D eigenvalue weighted by Crippen LogP contribution is -1.82. The lowest BCUT2D eigenvalue weighted by Gasteiger charge is -1.99. The molecule has 94 valence electrons. The number of para-hydroxylation sites is 1. The Morgan fingerprint density at radius 3 is 2.58 bits per heavy atom. The van der Waals surface area contributed by atoms with Gasteiger partial charge < -0.3 is 5.11 Å². The number of aliphatic hydroxyl groups is 1. The first-order valence-corrected chi connectivity index (χ1v) is 6.94. The molecule has 3 aromatic rings. The summed E-state index contributed by atoms with van der Waals surface area (Å²) < 4.78 is 1.11. The topological polar surface area (TPSA) is 33.1 Å². The summed E-state index contributed by atoms with van der Waals surface area (Å²) in [6.45, 7) is 0. The summed E-state index contributed by atoms with van der Waals surface area (Å²) in [5.41, 5.74) is 1.67. The first-order chi connectivity index (χ1) is 9.22. The van der Waals surface area contributed by atoms with Gasteiger partial charge in [0.1, 0.15) is 10.8 Å². The van der Waals surface area contributed by atoms with Crippen LogP contribution in [0.2, 0.25) is 5.02 Å². The number of fused-ring (bicyclic) bond motifs is 1. The van der Waals surface area contributed by atoms with Crippen molar-refractivity contribution in [3.63, 3.8) is 0 Å². The number of benzene rings is 2. The van der Waals surface area contributed by atoms with E-state index >= 15 is 0 Å². The summed E-state index contributed by atoms with van der Waals surface area (Å²) in [5.74, 6) is 0.190. The average molecular weight is 288 g/mol. The molecule has 0 fully saturated rings. The second-order valence-corrected chi connectivity index (χ2v) is 5.55. The quantitative estimate of drug-likeness (QED) is 0.672. The van der Waals surface area contributed by atoms with Crippen LogP contribution in [0.4, 0.5) is 0 Å². The van der Waals surface area contributed by atoms with Crippen molar-refractivity contribution in [2.75, 3.05) is 0 Å². The minimum Gasteiger partial charge on any atom is -0.507 e. The molecule has 3 rings (SSSR count). The van der Waals surface area contributed by atoms with Crippen LogP contribution in [-0.2, 0) is 0 Å². The van der Waals surface area contributed by atoms with Crippen molar-refractivity contribution in [3.8, 4) is 0 Å². The Balaban J connectivity index is 1.97. The van der Waals surface area contributed by atoms with E-state index in [0.717, 1.165) is 20.8 Å². The van der Waals surface area contributed by atoms with Gasteiger partial charge in [-0.25, -0.2) is 4.98 Å². The van der Waals surface area contributed by atoms with Gasteiger partial charge in [0.25, 0.3) is 0 Å². The minimum atomic E-state index is 0.190. The maximum atomic E-state index is 10.1. The third kappa shape index (κ3) is 2.62. The molecule has 1 N–H and O–H groups in total. The zero-order valence-electron chi connectivity index (χ0n) is 9.88. The van der Waals surface area contributed by atoms with Gasteiger partial charge in [0.15, 0.2) is 0 Å². The van der Waals surface area contributed by atoms with Gasteiger partial charge in [-0.3, -0.25) is 0 Å². The molecule has 0 saturated carbocycles. The molecule has 0 radical (unpaired) electrons. The van der Waals surface area contributed by atoms with E-state index in [0.29, 0.717) is 5.02 Å². The first-order valence-electron chi connectivity index (χ1n) is 5.74. The molecule has 0 aliphatic rings. The molecule has 0 bridgehead atoms. The van der Waals surface area contributed by atoms with E-state index in [2.05, 4.69) is 4.98 Å². The van der Waals surface area contributed by atoms with Crippen molar-refractivity contribution in [2.24, 2.45) is 0 Å². The third-order valence-corrected chi connectivity index (χ3v) is 3.95. The number of nitrogens with zero attached hydrogens (tertiary/aromatic N) is 1. The number of aromatic nitrogens is 1. The van der Waals surface area contributed by atoms with E-state index in [9.17, 15) is 5.11 Å². The molecule has 1 aromatic heterocycles. The fourth-order valence-corrected chi connectivity index (χ4v) is 2.80. The van der Waals surface area contributed by atoms with Gasteiger partial charge in [0, 0.05) is 16.7 Å². The van der Waals surface area contributed by atoms with Crippen LogP contribution in [0.3, 0.4) is 0 Å². The fraction of sp³-hybridized carbons (Fsp3) is 0. The number of rotatable bonds is 2. The zero-order valence-corrected chi connectivity index (χ0v) is 11.4. The van der Waals surface area contributed by atoms with Crippen molar-refractivity contribution in [1.29, 1.82) is 0 Å². The van der Waals surface area contributed by atoms with E-state index in [1.54, 1.807) is 41.7 Å². The van der Waals surface area contributed by atoms with Gasteiger partial charge in [0.2, 0.25) is 0 Å². The highest BCUT2D eigenvalue weighted by molar-refractivity contribution is 7.19. The standard InChI is InChI=1S/C15H10ClNOS/c16-11-7-5-10(6-8-11)13(18)9-15-17-12-3-1-2-4-14(12)19-15/h1-9,18H/b13-9-. The lowest BCUT2D eigenvalue weighted by molar-refractivity contribution is 0.515. The van der Waals surface area contributed by atoms with Crippen LogP contribution in [0, 0.1) is 0 Å². The molecule has 0 unspecified atom stereocenters. The van der Waals surface area contributed by atoms with Crippen molar-refractivity contribution >= 4 is 45.0 Å². The Morgan fingerprint density at radius 2 is 1.84 bits per heavy atom. The molecule has 1 heterocycles. The molecule has 2 aromatic carbocycles. The highest BCUT2D eigenvalue weighted by Crippen LogP contribution is 2.25. The van der Waals surface area contributed by atoms with Gasteiger partial charge in [-0.15, -0.1) is 11.3 Å². The number of hydrogen-bond acceptors (Lipinski definition) is 3. The van der Waals surface area contributed by atoms with Gasteiger partial charge in [-0.2, -0.15) is 0 Å². The number of aliphatic hydroxyl groups excluding tert-OH is 1. The summed E-state index contributed by atoms with van der Waals surface area (Å²) in [6.07, 6.45) is 1.67. The van der Waals surface area contributed by atoms with E-state index in [1.807, 2.05) is 24.3 Å². The van der Waals surface area contributed by atoms with Crippen LogP contribution >= 0.6 is 22.9 Å². The zero-order chi connectivity index (χ0) is 13.2. The minimum absolute atomic E-state index is 0.190. The summed E-state index contributed by atoms with van der Waals surface area (Å²) in [5, 5.41) is 11.5. The highest BCUT2D eigenvalue weighted by atomic mass is 35.5. The molecular formula is C15H10ClNOS. The smallest absolute Gasteiger partial charge is 0.125 e. The van der Waals surface area contributed by atoms with Crippen molar-refractivity contribution < 1.29 is 5.11 Å². The van der Waals surface area contributed by atoms with Crippen LogP contribution in [-0.4, -0.2) is 10.1 Å². The molecule has 0 amide bonds. The third-order valence-electron chi connectivity index (χ3n) is 2.71. The van der Waals surface area contributed by atoms with Gasteiger partial charge in [-0.05, 0) is 36.4 Å². The molecule has 4 heteroatoms. The molecule has 0 aliphatic heterocycles. The Labute approximate surface area is 119 Å². The normalized spacial score (nSPS) is 11.9. The summed E-state index contributed by atoms with van der Waals surface area (Å²) >= 11 is 7.37. The van der Waals surface area contributed by atoms with E-state index in [4.69, 9.17) is 11.6 Å². The van der Waals surface area contributed by atoms with Gasteiger partial charge in [-0.1, -0.05) is 23.7 Å². The first kappa shape index (κ1) is 12.2. The highest BCUT2D eigenvalue weighted by Gasteiger charge is 2.04. The number of thiazole rings is 1. The van der Waals surface area contributed by atoms with Crippen LogP contribution < -0.4 is 0 Å². The van der Waals surface area contributed by atoms with E-state index in [-0.39, 0.29) is 5.76 Å². The Morgan fingerprint density at radius 1 is 1.11 bits per heavy atom. The van der Waals surface area contributed by atoms with Gasteiger partial charge in [0.05, 0.1) is 10.2 Å². The molecular weight excluding hydrogens is 278 g/mol. The van der Waals surface area contributed by atoms with Crippen LogP contribution in [0.5, 0.6) is 0 Å². The SMILES string of the molecule is O/C(=C\c1nc2ccccc2s1)c1ccc(Cl)cc1. The second kappa shape index (κ2) is 5.03. The predicted octanol–water partition coefficient (Wildman–Crippen LogP) is 5.01. The predicted molar refractivity (Wildman–Crippen MR) is 81.6 cm³/mol. The molecule has 2 nitrogen and oxygen atoms in total. The summed E-state index contributed by atoms with van der Waals surface area (Å²) in [4.78, 5) is 4.45. The fourth-order valence-electron chi connectivity index (χ4n) is 1.77. The van der Waals surface area contributed by atoms with E-state index < -0.39 is 0 Å².